The number of hydrogen-bond donors (Lipinski definition) is 6. The third-order valence-corrected chi connectivity index (χ3v) is 13.0. The first-order valence-electron chi connectivity index (χ1n) is 24.7. The molecule has 2 fully saturated rings. The van der Waals surface area contributed by atoms with Gasteiger partial charge in [0.1, 0.15) is 11.7 Å². The summed E-state index contributed by atoms with van der Waals surface area (Å²) in [6, 6.07) is 33.8. The van der Waals surface area contributed by atoms with Gasteiger partial charge in [-0.05, 0) is 112 Å². The Morgan fingerprint density at radius 3 is 1.23 bits per heavy atom. The van der Waals surface area contributed by atoms with E-state index in [1.807, 2.05) is 74.5 Å². The fourth-order valence-corrected chi connectivity index (χ4v) is 8.77. The molecule has 0 radical (unpaired) electrons. The summed E-state index contributed by atoms with van der Waals surface area (Å²) in [6.07, 6.45) is 7.18. The second-order valence-electron chi connectivity index (χ2n) is 18.3. The van der Waals surface area contributed by atoms with Gasteiger partial charge in [0.25, 0.3) is 0 Å². The predicted molar refractivity (Wildman–Crippen MR) is 271 cm³/mol. The smallest absolute Gasteiger partial charge is 0.412 e. The van der Waals surface area contributed by atoms with Gasteiger partial charge in [0.05, 0.1) is 25.3 Å². The normalized spacial score (nSPS) is 17.9. The van der Waals surface area contributed by atoms with Crippen molar-refractivity contribution in [3.63, 3.8) is 0 Å². The molecule has 4 aromatic rings. The summed E-state index contributed by atoms with van der Waals surface area (Å²) in [4.78, 5) is 73.9. The minimum atomic E-state index is -0.643. The van der Waals surface area contributed by atoms with E-state index < -0.39 is 24.3 Å². The van der Waals surface area contributed by atoms with E-state index in [0.29, 0.717) is 74.7 Å². The van der Waals surface area contributed by atoms with Crippen LogP contribution in [-0.4, -0.2) is 72.5 Å². The van der Waals surface area contributed by atoms with Crippen molar-refractivity contribution in [3.05, 3.63) is 143 Å². The van der Waals surface area contributed by atoms with E-state index in [9.17, 15) is 28.8 Å². The van der Waals surface area contributed by atoms with Crippen LogP contribution in [-0.2, 0) is 41.5 Å². The highest BCUT2D eigenvalue weighted by atomic mass is 16.6. The van der Waals surface area contributed by atoms with Crippen molar-refractivity contribution in [1.29, 1.82) is 10.8 Å². The zero-order valence-electron chi connectivity index (χ0n) is 41.0. The molecule has 0 saturated heterocycles. The van der Waals surface area contributed by atoms with E-state index in [0.717, 1.165) is 49.7 Å². The van der Waals surface area contributed by atoms with Crippen molar-refractivity contribution in [2.45, 2.75) is 129 Å². The molecule has 2 saturated carbocycles. The Morgan fingerprint density at radius 2 is 0.886 bits per heavy atom. The SMILES string of the molecule is CCCOC(=O)NC(=N)c1ccc(CCC(=O)[C@H](C)NC(=O)[C@@H]2CC[C@@H](c3ccccc3)C2)cc1.CCCOC(=O)NC(=N)c1ccc(CCC(=O)[C@H](C)NC(=O)[C@@H]2CC[C@@H](c3ccccc3)C2)cc1. The van der Waals surface area contributed by atoms with Gasteiger partial charge in [-0.1, -0.05) is 123 Å². The zero-order valence-corrected chi connectivity index (χ0v) is 41.0. The molecule has 2 aliphatic carbocycles. The number of amidine groups is 2. The molecule has 372 valence electrons. The van der Waals surface area contributed by atoms with Crippen molar-refractivity contribution in [3.8, 4) is 0 Å². The molecule has 6 atom stereocenters. The van der Waals surface area contributed by atoms with E-state index >= 15 is 0 Å². The number of alkyl carbamates (subject to hydrolysis) is 2. The lowest BCUT2D eigenvalue weighted by atomic mass is 9.96. The monoisotopic (exact) mass is 955 g/mol. The Balaban J connectivity index is 0.000000261. The van der Waals surface area contributed by atoms with E-state index in [2.05, 4.69) is 45.5 Å². The number of rotatable bonds is 20. The summed E-state index contributed by atoms with van der Waals surface area (Å²) in [5.41, 5.74) is 5.56. The molecular weight excluding hydrogens is 885 g/mol. The molecule has 0 aliphatic heterocycles. The van der Waals surface area contributed by atoms with E-state index in [4.69, 9.17) is 20.3 Å². The second-order valence-corrected chi connectivity index (χ2v) is 18.3. The molecule has 4 amide bonds. The number of hydrogen-bond acceptors (Lipinski definition) is 10. The minimum Gasteiger partial charge on any atom is -0.449 e. The highest BCUT2D eigenvalue weighted by molar-refractivity contribution is 6.05. The molecule has 6 rings (SSSR count). The van der Waals surface area contributed by atoms with Crippen LogP contribution in [0.1, 0.15) is 137 Å². The van der Waals surface area contributed by atoms with Gasteiger partial charge in [0.15, 0.2) is 11.6 Å². The zero-order chi connectivity index (χ0) is 50.4. The van der Waals surface area contributed by atoms with Crippen LogP contribution in [0.15, 0.2) is 109 Å². The number of ether oxygens (including phenoxy) is 2. The standard InChI is InChI=1S/2C28H35N3O4/c2*1-3-17-35-28(34)31-26(29)22-12-9-20(10-13-22)11-16-25(32)19(2)30-27(33)24-15-14-23(18-24)21-7-5-4-6-8-21/h2*4-10,12-13,19,23-24H,3,11,14-18H2,1-2H3,(H,30,33)(H2,29,31,34)/t2*19-,23+,24+/m00/s1. The van der Waals surface area contributed by atoms with E-state index in [-0.39, 0.29) is 46.9 Å². The summed E-state index contributed by atoms with van der Waals surface area (Å²) in [6.45, 7) is 7.90. The average Bonchev–Trinajstić information content (AvgIpc) is 4.09. The number of carbonyl (C=O) groups is 6. The summed E-state index contributed by atoms with van der Waals surface area (Å²) in [5, 5.41) is 26.6. The Kier molecular flexibility index (Phi) is 21.5. The van der Waals surface area contributed by atoms with Crippen LogP contribution >= 0.6 is 0 Å². The van der Waals surface area contributed by atoms with E-state index in [1.165, 1.54) is 11.1 Å². The molecule has 14 nitrogen and oxygen atoms in total. The number of ketones is 2. The average molecular weight is 955 g/mol. The molecule has 0 bridgehead atoms. The third-order valence-electron chi connectivity index (χ3n) is 13.0. The van der Waals surface area contributed by atoms with Gasteiger partial charge in [-0.25, -0.2) is 9.59 Å². The number of Topliss-reactive ketones (excluding diaryl/α,β-unsaturated/α-hetero) is 2. The van der Waals surface area contributed by atoms with Crippen LogP contribution in [0.4, 0.5) is 9.59 Å². The van der Waals surface area contributed by atoms with Crippen molar-refractivity contribution >= 4 is 47.2 Å². The Bertz CT molecular complexity index is 2210. The van der Waals surface area contributed by atoms with Gasteiger partial charge in [0.2, 0.25) is 11.8 Å². The van der Waals surface area contributed by atoms with Gasteiger partial charge < -0.3 is 20.1 Å². The minimum absolute atomic E-state index is 0.00638. The highest BCUT2D eigenvalue weighted by Crippen LogP contribution is 2.39. The Morgan fingerprint density at radius 1 is 0.529 bits per heavy atom. The summed E-state index contributed by atoms with van der Waals surface area (Å²) < 4.78 is 9.84. The molecule has 0 aromatic heterocycles. The molecule has 14 heteroatoms. The lowest BCUT2D eigenvalue weighted by Gasteiger charge is -2.17. The topological polar surface area (TPSA) is 217 Å². The number of benzene rings is 4. The predicted octanol–water partition coefficient (Wildman–Crippen LogP) is 9.48. The van der Waals surface area contributed by atoms with Crippen LogP contribution in [0.3, 0.4) is 0 Å². The first kappa shape index (κ1) is 54.0. The molecule has 0 heterocycles. The fraction of sp³-hybridized carbons (Fsp3) is 0.429. The van der Waals surface area contributed by atoms with Crippen molar-refractivity contribution in [1.82, 2.24) is 21.3 Å². The lowest BCUT2D eigenvalue weighted by molar-refractivity contribution is -0.129. The molecular formula is C56H70N6O8. The number of nitrogens with one attached hydrogen (secondary N) is 6. The molecule has 6 N–H and O–H groups in total. The van der Waals surface area contributed by atoms with Crippen molar-refractivity contribution in [2.75, 3.05) is 13.2 Å². The van der Waals surface area contributed by atoms with Crippen molar-refractivity contribution in [2.24, 2.45) is 11.8 Å². The highest BCUT2D eigenvalue weighted by Gasteiger charge is 2.33. The van der Waals surface area contributed by atoms with Crippen LogP contribution in [0.5, 0.6) is 0 Å². The summed E-state index contributed by atoms with van der Waals surface area (Å²) in [5.74, 6) is 0.560. The van der Waals surface area contributed by atoms with Crippen LogP contribution in [0, 0.1) is 22.7 Å². The number of aryl methyl sites for hydroxylation is 2. The van der Waals surface area contributed by atoms with Gasteiger partial charge in [-0.15, -0.1) is 0 Å². The largest absolute Gasteiger partial charge is 0.449 e. The van der Waals surface area contributed by atoms with Gasteiger partial charge in [-0.2, -0.15) is 0 Å². The van der Waals surface area contributed by atoms with Crippen LogP contribution < -0.4 is 21.3 Å². The number of amides is 4. The van der Waals surface area contributed by atoms with Gasteiger partial charge >= 0.3 is 12.2 Å². The Labute approximate surface area is 412 Å². The first-order valence-corrected chi connectivity index (χ1v) is 24.7. The molecule has 4 aromatic carbocycles. The third kappa shape index (κ3) is 17.2. The Hall–Kier alpha value is -6.96. The number of carbonyl (C=O) groups excluding carboxylic acids is 6. The van der Waals surface area contributed by atoms with Gasteiger partial charge in [-0.3, -0.25) is 40.6 Å². The lowest BCUT2D eigenvalue weighted by Crippen LogP contribution is -2.41. The quantitative estimate of drug-likeness (QED) is 0.0370. The van der Waals surface area contributed by atoms with Gasteiger partial charge in [0, 0.05) is 35.8 Å². The van der Waals surface area contributed by atoms with Crippen LogP contribution in [0.2, 0.25) is 0 Å². The molecule has 0 spiro atoms. The molecule has 2 aliphatic rings. The van der Waals surface area contributed by atoms with E-state index in [1.54, 1.807) is 38.1 Å². The fourth-order valence-electron chi connectivity index (χ4n) is 8.77. The van der Waals surface area contributed by atoms with Crippen LogP contribution in [0.25, 0.3) is 0 Å². The maximum absolute atomic E-state index is 12.7. The van der Waals surface area contributed by atoms with Crippen molar-refractivity contribution < 1.29 is 38.2 Å². The summed E-state index contributed by atoms with van der Waals surface area (Å²) >= 11 is 0. The summed E-state index contributed by atoms with van der Waals surface area (Å²) in [7, 11) is 0. The maximum Gasteiger partial charge on any atom is 0.412 e. The molecule has 0 unspecified atom stereocenters. The second kappa shape index (κ2) is 27.9. The molecule has 70 heavy (non-hydrogen) atoms. The maximum atomic E-state index is 12.7. The first-order chi connectivity index (χ1) is 33.7.